The molecule has 1 aromatic rings. The Morgan fingerprint density at radius 3 is 2.57 bits per heavy atom. The number of carbonyl (C=O) groups excluding carboxylic acids is 1. The van der Waals surface area contributed by atoms with Crippen LogP contribution >= 0.6 is 0 Å². The molecule has 2 saturated heterocycles. The van der Waals surface area contributed by atoms with Crippen LogP contribution in [0.1, 0.15) is 57.8 Å². The molecule has 0 bridgehead atoms. The summed E-state index contributed by atoms with van der Waals surface area (Å²) in [4.78, 5) is 17.6. The molecule has 3 fully saturated rings. The van der Waals surface area contributed by atoms with Crippen molar-refractivity contribution in [2.75, 3.05) is 50.1 Å². The van der Waals surface area contributed by atoms with Crippen LogP contribution in [-0.4, -0.2) is 56.7 Å². The number of hydrogen-bond donors (Lipinski definition) is 1. The van der Waals surface area contributed by atoms with Crippen LogP contribution in [0.4, 0.5) is 11.4 Å². The fourth-order valence-electron chi connectivity index (χ4n) is 5.76. The Kier molecular flexibility index (Phi) is 7.67. The number of amides is 1. The maximum absolute atomic E-state index is 12.4. The number of methoxy groups -OCH3 is 1. The number of rotatable bonds is 7. The molecule has 2 heterocycles. The highest BCUT2D eigenvalue weighted by Crippen LogP contribution is 2.29. The largest absolute Gasteiger partial charge is 0.384 e. The molecule has 3 aliphatic rings. The number of nitrogens with one attached hydrogen (secondary N) is 1. The Balaban J connectivity index is 1.27. The van der Waals surface area contributed by atoms with Gasteiger partial charge in [0.1, 0.15) is 0 Å². The van der Waals surface area contributed by atoms with Crippen LogP contribution in [0.5, 0.6) is 0 Å². The third-order valence-electron chi connectivity index (χ3n) is 7.38. The second-order valence-electron chi connectivity index (χ2n) is 9.63. The van der Waals surface area contributed by atoms with Gasteiger partial charge < -0.3 is 15.0 Å². The molecular weight excluding hydrogens is 374 g/mol. The van der Waals surface area contributed by atoms with Crippen molar-refractivity contribution in [2.45, 2.75) is 63.8 Å². The predicted molar refractivity (Wildman–Crippen MR) is 123 cm³/mol. The molecule has 30 heavy (non-hydrogen) atoms. The van der Waals surface area contributed by atoms with Crippen molar-refractivity contribution < 1.29 is 9.53 Å². The van der Waals surface area contributed by atoms with Gasteiger partial charge in [0.05, 0.1) is 6.61 Å². The summed E-state index contributed by atoms with van der Waals surface area (Å²) in [6.07, 6.45) is 10.7. The van der Waals surface area contributed by atoms with E-state index in [2.05, 4.69) is 33.3 Å². The number of carbonyl (C=O) groups is 1. The highest BCUT2D eigenvalue weighted by atomic mass is 16.5. The molecule has 0 unspecified atom stereocenters. The minimum Gasteiger partial charge on any atom is -0.384 e. The van der Waals surface area contributed by atoms with Crippen LogP contribution in [-0.2, 0) is 9.53 Å². The average molecular weight is 414 g/mol. The summed E-state index contributed by atoms with van der Waals surface area (Å²) >= 11 is 0. The molecule has 1 aromatic carbocycles. The van der Waals surface area contributed by atoms with Crippen molar-refractivity contribution in [3.05, 3.63) is 24.3 Å². The summed E-state index contributed by atoms with van der Waals surface area (Å²) in [5.41, 5.74) is 2.18. The number of ether oxygens (including phenoxy) is 1. The van der Waals surface area contributed by atoms with Crippen molar-refractivity contribution in [1.82, 2.24) is 4.90 Å². The second-order valence-corrected chi connectivity index (χ2v) is 9.63. The van der Waals surface area contributed by atoms with Crippen LogP contribution in [0, 0.1) is 11.8 Å². The first-order chi connectivity index (χ1) is 14.7. The maximum atomic E-state index is 12.4. The molecule has 0 radical (unpaired) electrons. The lowest BCUT2D eigenvalue weighted by molar-refractivity contribution is -0.117. The summed E-state index contributed by atoms with van der Waals surface area (Å²) in [5, 5.41) is 3.14. The van der Waals surface area contributed by atoms with Gasteiger partial charge in [0, 0.05) is 50.6 Å². The fourth-order valence-corrected chi connectivity index (χ4v) is 5.76. The Morgan fingerprint density at radius 1 is 1.03 bits per heavy atom. The quantitative estimate of drug-likeness (QED) is 0.713. The molecule has 5 heteroatoms. The number of anilines is 2. The SMILES string of the molecule is COC[C@H]1CCCN(C2CCN(c3cccc(NC(=O)CC4CCCC4)c3)CC2)C1. The molecule has 4 rings (SSSR count). The molecule has 5 nitrogen and oxygen atoms in total. The zero-order valence-electron chi connectivity index (χ0n) is 18.7. The minimum atomic E-state index is 0.175. The number of piperidine rings is 2. The molecular formula is C25H39N3O2. The van der Waals surface area contributed by atoms with Gasteiger partial charge in [-0.2, -0.15) is 0 Å². The van der Waals surface area contributed by atoms with E-state index in [4.69, 9.17) is 4.74 Å². The van der Waals surface area contributed by atoms with E-state index >= 15 is 0 Å². The third kappa shape index (κ3) is 5.76. The van der Waals surface area contributed by atoms with Crippen molar-refractivity contribution in [1.29, 1.82) is 0 Å². The van der Waals surface area contributed by atoms with Gasteiger partial charge in [0.25, 0.3) is 0 Å². The van der Waals surface area contributed by atoms with Gasteiger partial charge in [-0.05, 0) is 75.1 Å². The van der Waals surface area contributed by atoms with Gasteiger partial charge in [0.15, 0.2) is 0 Å². The first-order valence-electron chi connectivity index (χ1n) is 12.1. The summed E-state index contributed by atoms with van der Waals surface area (Å²) in [6, 6.07) is 9.14. The van der Waals surface area contributed by atoms with E-state index in [1.54, 1.807) is 0 Å². The van der Waals surface area contributed by atoms with E-state index in [1.807, 2.05) is 13.2 Å². The highest BCUT2D eigenvalue weighted by molar-refractivity contribution is 5.91. The monoisotopic (exact) mass is 413 g/mol. The Bertz CT molecular complexity index is 679. The molecule has 0 spiro atoms. The van der Waals surface area contributed by atoms with Crippen LogP contribution < -0.4 is 10.2 Å². The molecule has 166 valence electrons. The maximum Gasteiger partial charge on any atom is 0.224 e. The predicted octanol–water partition coefficient (Wildman–Crippen LogP) is 4.53. The lowest BCUT2D eigenvalue weighted by atomic mass is 9.94. The number of benzene rings is 1. The van der Waals surface area contributed by atoms with E-state index in [-0.39, 0.29) is 5.91 Å². The summed E-state index contributed by atoms with van der Waals surface area (Å²) < 4.78 is 5.40. The van der Waals surface area contributed by atoms with Crippen molar-refractivity contribution >= 4 is 17.3 Å². The third-order valence-corrected chi connectivity index (χ3v) is 7.38. The van der Waals surface area contributed by atoms with E-state index in [1.165, 1.54) is 70.1 Å². The van der Waals surface area contributed by atoms with Gasteiger partial charge >= 0.3 is 0 Å². The van der Waals surface area contributed by atoms with Crippen molar-refractivity contribution in [3.8, 4) is 0 Å². The van der Waals surface area contributed by atoms with Gasteiger partial charge in [-0.3, -0.25) is 9.69 Å². The topological polar surface area (TPSA) is 44.8 Å². The lowest BCUT2D eigenvalue weighted by Gasteiger charge is -2.42. The summed E-state index contributed by atoms with van der Waals surface area (Å²) in [6.45, 7) is 5.52. The Hall–Kier alpha value is -1.59. The van der Waals surface area contributed by atoms with Crippen LogP contribution in [0.2, 0.25) is 0 Å². The Labute approximate surface area is 182 Å². The molecule has 1 amide bonds. The normalized spacial score (nSPS) is 24.3. The zero-order valence-corrected chi connectivity index (χ0v) is 18.7. The van der Waals surface area contributed by atoms with E-state index < -0.39 is 0 Å². The average Bonchev–Trinajstić information content (AvgIpc) is 3.27. The van der Waals surface area contributed by atoms with Crippen molar-refractivity contribution in [2.24, 2.45) is 11.8 Å². The molecule has 1 N–H and O–H groups in total. The van der Waals surface area contributed by atoms with Crippen molar-refractivity contribution in [3.63, 3.8) is 0 Å². The van der Waals surface area contributed by atoms with Crippen LogP contribution in [0.25, 0.3) is 0 Å². The van der Waals surface area contributed by atoms with E-state index in [9.17, 15) is 4.79 Å². The number of nitrogens with zero attached hydrogens (tertiary/aromatic N) is 2. The van der Waals surface area contributed by atoms with Gasteiger partial charge in [-0.25, -0.2) is 0 Å². The van der Waals surface area contributed by atoms with Crippen LogP contribution in [0.15, 0.2) is 24.3 Å². The lowest BCUT2D eigenvalue weighted by Crippen LogP contribution is -2.49. The van der Waals surface area contributed by atoms with Gasteiger partial charge in [0.2, 0.25) is 5.91 Å². The molecule has 2 aliphatic heterocycles. The number of likely N-dealkylation sites (tertiary alicyclic amines) is 1. The van der Waals surface area contributed by atoms with E-state index in [0.29, 0.717) is 24.3 Å². The van der Waals surface area contributed by atoms with Gasteiger partial charge in [-0.1, -0.05) is 18.9 Å². The summed E-state index contributed by atoms with van der Waals surface area (Å²) in [7, 11) is 1.82. The molecule has 1 saturated carbocycles. The van der Waals surface area contributed by atoms with Gasteiger partial charge in [-0.15, -0.1) is 0 Å². The zero-order chi connectivity index (χ0) is 20.8. The van der Waals surface area contributed by atoms with Crippen LogP contribution in [0.3, 0.4) is 0 Å². The molecule has 0 aromatic heterocycles. The van der Waals surface area contributed by atoms with E-state index in [0.717, 1.165) is 25.4 Å². The molecule has 1 atom stereocenters. The Morgan fingerprint density at radius 2 is 1.80 bits per heavy atom. The molecule has 1 aliphatic carbocycles. The standard InChI is InChI=1S/C25H39N3O2/c1-30-19-21-8-5-13-28(18-21)23-11-14-27(15-12-23)24-10-4-9-22(17-24)26-25(29)16-20-6-2-3-7-20/h4,9-10,17,20-21,23H,2-3,5-8,11-16,18-19H2,1H3,(H,26,29)/t21-/m0/s1. The first kappa shape index (κ1) is 21.6. The minimum absolute atomic E-state index is 0.175. The number of hydrogen-bond acceptors (Lipinski definition) is 4. The first-order valence-corrected chi connectivity index (χ1v) is 12.1. The highest BCUT2D eigenvalue weighted by Gasteiger charge is 2.29. The fraction of sp³-hybridized carbons (Fsp3) is 0.720. The second kappa shape index (κ2) is 10.6. The summed E-state index contributed by atoms with van der Waals surface area (Å²) in [5.74, 6) is 1.46. The smallest absolute Gasteiger partial charge is 0.224 e.